The standard InChI is InChI=1S/C15H14BrNO/c1-11(9-14-8-7-13(16)10-17-14)15(18)12-5-3-2-4-6-12/h2-8,10-11H,9H2,1H3. The third-order valence-corrected chi connectivity index (χ3v) is 3.28. The summed E-state index contributed by atoms with van der Waals surface area (Å²) in [6, 6.07) is 13.3. The lowest BCUT2D eigenvalue weighted by Gasteiger charge is -2.10. The maximum Gasteiger partial charge on any atom is 0.166 e. The lowest BCUT2D eigenvalue weighted by atomic mass is 9.95. The average Bonchev–Trinajstić information content (AvgIpc) is 2.41. The van der Waals surface area contributed by atoms with Crippen LogP contribution in [0.5, 0.6) is 0 Å². The molecule has 1 aromatic heterocycles. The molecule has 1 unspecified atom stereocenters. The normalized spacial score (nSPS) is 12.1. The zero-order valence-corrected chi connectivity index (χ0v) is 11.7. The largest absolute Gasteiger partial charge is 0.294 e. The second kappa shape index (κ2) is 5.91. The molecule has 0 fully saturated rings. The number of hydrogen-bond acceptors (Lipinski definition) is 2. The minimum atomic E-state index is -0.0546. The first-order valence-electron chi connectivity index (χ1n) is 5.86. The van der Waals surface area contributed by atoms with Gasteiger partial charge in [0.25, 0.3) is 0 Å². The Bertz CT molecular complexity index is 522. The van der Waals surface area contributed by atoms with E-state index in [9.17, 15) is 4.79 Å². The Morgan fingerprint density at radius 1 is 1.22 bits per heavy atom. The average molecular weight is 304 g/mol. The highest BCUT2D eigenvalue weighted by Gasteiger charge is 2.15. The van der Waals surface area contributed by atoms with Crippen molar-refractivity contribution in [2.24, 2.45) is 5.92 Å². The molecular weight excluding hydrogens is 290 g/mol. The van der Waals surface area contributed by atoms with Gasteiger partial charge < -0.3 is 0 Å². The number of nitrogens with zero attached hydrogens (tertiary/aromatic N) is 1. The van der Waals surface area contributed by atoms with Crippen LogP contribution in [0.15, 0.2) is 53.1 Å². The van der Waals surface area contributed by atoms with Crippen LogP contribution in [-0.2, 0) is 6.42 Å². The monoisotopic (exact) mass is 303 g/mol. The fraction of sp³-hybridized carbons (Fsp3) is 0.200. The van der Waals surface area contributed by atoms with Crippen molar-refractivity contribution < 1.29 is 4.79 Å². The molecule has 92 valence electrons. The van der Waals surface area contributed by atoms with Crippen LogP contribution >= 0.6 is 15.9 Å². The zero-order chi connectivity index (χ0) is 13.0. The molecule has 0 aliphatic heterocycles. The van der Waals surface area contributed by atoms with Crippen LogP contribution in [0.2, 0.25) is 0 Å². The topological polar surface area (TPSA) is 30.0 Å². The van der Waals surface area contributed by atoms with Gasteiger partial charge in [0.05, 0.1) is 0 Å². The Morgan fingerprint density at radius 2 is 1.94 bits per heavy atom. The number of rotatable bonds is 4. The molecule has 1 aromatic carbocycles. The molecule has 0 saturated heterocycles. The second-order valence-electron chi connectivity index (χ2n) is 4.30. The van der Waals surface area contributed by atoms with Crippen LogP contribution in [-0.4, -0.2) is 10.8 Å². The number of hydrogen-bond donors (Lipinski definition) is 0. The van der Waals surface area contributed by atoms with Crippen LogP contribution in [0.25, 0.3) is 0 Å². The molecule has 1 atom stereocenters. The molecule has 0 amide bonds. The first-order valence-corrected chi connectivity index (χ1v) is 6.66. The van der Waals surface area contributed by atoms with Gasteiger partial charge >= 0.3 is 0 Å². The number of carbonyl (C=O) groups is 1. The number of halogens is 1. The summed E-state index contributed by atoms with van der Waals surface area (Å²) in [5.74, 6) is 0.112. The van der Waals surface area contributed by atoms with Crippen molar-refractivity contribution in [3.8, 4) is 0 Å². The first kappa shape index (κ1) is 13.0. The van der Waals surface area contributed by atoms with Gasteiger partial charge in [-0.1, -0.05) is 37.3 Å². The van der Waals surface area contributed by atoms with Gasteiger partial charge in [0.1, 0.15) is 0 Å². The summed E-state index contributed by atoms with van der Waals surface area (Å²) >= 11 is 3.35. The quantitative estimate of drug-likeness (QED) is 0.802. The molecule has 0 aliphatic rings. The predicted molar refractivity (Wildman–Crippen MR) is 75.6 cm³/mol. The molecule has 0 saturated carbocycles. The van der Waals surface area contributed by atoms with E-state index in [-0.39, 0.29) is 11.7 Å². The van der Waals surface area contributed by atoms with Gasteiger partial charge in [0.15, 0.2) is 5.78 Å². The van der Waals surface area contributed by atoms with E-state index in [2.05, 4.69) is 20.9 Å². The number of pyridine rings is 1. The molecular formula is C15H14BrNO. The molecule has 0 spiro atoms. The Labute approximate surface area is 115 Å². The summed E-state index contributed by atoms with van der Waals surface area (Å²) in [5.41, 5.74) is 1.71. The van der Waals surface area contributed by atoms with Gasteiger partial charge in [-0.3, -0.25) is 9.78 Å². The van der Waals surface area contributed by atoms with E-state index in [0.717, 1.165) is 15.7 Å². The van der Waals surface area contributed by atoms with E-state index < -0.39 is 0 Å². The molecule has 2 rings (SSSR count). The summed E-state index contributed by atoms with van der Waals surface area (Å²) in [7, 11) is 0. The third-order valence-electron chi connectivity index (χ3n) is 2.81. The fourth-order valence-electron chi connectivity index (χ4n) is 1.82. The second-order valence-corrected chi connectivity index (χ2v) is 5.22. The van der Waals surface area contributed by atoms with E-state index in [1.165, 1.54) is 0 Å². The fourth-order valence-corrected chi connectivity index (χ4v) is 2.06. The number of ketones is 1. The Kier molecular flexibility index (Phi) is 4.26. The molecule has 2 nitrogen and oxygen atoms in total. The first-order chi connectivity index (χ1) is 8.66. The molecule has 0 aliphatic carbocycles. The summed E-state index contributed by atoms with van der Waals surface area (Å²) in [5, 5.41) is 0. The highest BCUT2D eigenvalue weighted by atomic mass is 79.9. The zero-order valence-electron chi connectivity index (χ0n) is 10.1. The van der Waals surface area contributed by atoms with Gasteiger partial charge in [-0.25, -0.2) is 0 Å². The molecule has 18 heavy (non-hydrogen) atoms. The van der Waals surface area contributed by atoms with Crippen molar-refractivity contribution in [2.75, 3.05) is 0 Å². The molecule has 0 bridgehead atoms. The maximum absolute atomic E-state index is 12.2. The van der Waals surface area contributed by atoms with Crippen LogP contribution in [0.1, 0.15) is 23.0 Å². The molecule has 2 aromatic rings. The van der Waals surface area contributed by atoms with Crippen molar-refractivity contribution in [3.63, 3.8) is 0 Å². The van der Waals surface area contributed by atoms with Crippen LogP contribution in [0.4, 0.5) is 0 Å². The van der Waals surface area contributed by atoms with Crippen molar-refractivity contribution in [3.05, 3.63) is 64.4 Å². The van der Waals surface area contributed by atoms with Crippen molar-refractivity contribution in [2.45, 2.75) is 13.3 Å². The van der Waals surface area contributed by atoms with Gasteiger partial charge in [0.2, 0.25) is 0 Å². The Balaban J connectivity index is 2.06. The summed E-state index contributed by atoms with van der Waals surface area (Å²) in [4.78, 5) is 16.5. The molecule has 0 radical (unpaired) electrons. The van der Waals surface area contributed by atoms with Gasteiger partial charge in [0, 0.05) is 27.8 Å². The SMILES string of the molecule is CC(Cc1ccc(Br)cn1)C(=O)c1ccccc1. The summed E-state index contributed by atoms with van der Waals surface area (Å²) in [6.45, 7) is 1.94. The maximum atomic E-state index is 12.2. The van der Waals surface area contributed by atoms with Crippen molar-refractivity contribution in [1.29, 1.82) is 0 Å². The van der Waals surface area contributed by atoms with Crippen molar-refractivity contribution in [1.82, 2.24) is 4.98 Å². The van der Waals surface area contributed by atoms with E-state index in [1.54, 1.807) is 6.20 Å². The lowest BCUT2D eigenvalue weighted by molar-refractivity contribution is 0.0929. The smallest absolute Gasteiger partial charge is 0.166 e. The lowest BCUT2D eigenvalue weighted by Crippen LogP contribution is -2.14. The van der Waals surface area contributed by atoms with E-state index in [4.69, 9.17) is 0 Å². The number of carbonyl (C=O) groups excluding carboxylic acids is 1. The molecule has 0 N–H and O–H groups in total. The minimum Gasteiger partial charge on any atom is -0.294 e. The highest BCUT2D eigenvalue weighted by molar-refractivity contribution is 9.10. The molecule has 3 heteroatoms. The van der Waals surface area contributed by atoms with E-state index >= 15 is 0 Å². The van der Waals surface area contributed by atoms with Crippen LogP contribution < -0.4 is 0 Å². The van der Waals surface area contributed by atoms with E-state index in [1.807, 2.05) is 49.4 Å². The van der Waals surface area contributed by atoms with Crippen LogP contribution in [0.3, 0.4) is 0 Å². The third kappa shape index (κ3) is 3.26. The minimum absolute atomic E-state index is 0.0546. The Morgan fingerprint density at radius 3 is 2.56 bits per heavy atom. The summed E-state index contributed by atoms with van der Waals surface area (Å²) < 4.78 is 0.952. The van der Waals surface area contributed by atoms with Gasteiger partial charge in [-0.2, -0.15) is 0 Å². The van der Waals surface area contributed by atoms with Gasteiger partial charge in [-0.05, 0) is 34.5 Å². The number of aromatic nitrogens is 1. The predicted octanol–water partition coefficient (Wildman–Crippen LogP) is 3.91. The van der Waals surface area contributed by atoms with Crippen molar-refractivity contribution >= 4 is 21.7 Å². The summed E-state index contributed by atoms with van der Waals surface area (Å²) in [6.07, 6.45) is 2.43. The van der Waals surface area contributed by atoms with Crippen LogP contribution in [0, 0.1) is 5.92 Å². The number of Topliss-reactive ketones (excluding diaryl/α,β-unsaturated/α-hetero) is 1. The van der Waals surface area contributed by atoms with E-state index in [0.29, 0.717) is 6.42 Å². The highest BCUT2D eigenvalue weighted by Crippen LogP contribution is 2.15. The Hall–Kier alpha value is -1.48. The van der Waals surface area contributed by atoms with Gasteiger partial charge in [-0.15, -0.1) is 0 Å². The molecule has 1 heterocycles. The number of benzene rings is 1.